The second-order valence-electron chi connectivity index (χ2n) is 4.08. The molecule has 0 spiro atoms. The van der Waals surface area contributed by atoms with Gasteiger partial charge < -0.3 is 10.9 Å². The first-order valence-corrected chi connectivity index (χ1v) is 5.37. The summed E-state index contributed by atoms with van der Waals surface area (Å²) >= 11 is 1.71. The van der Waals surface area contributed by atoms with Crippen molar-refractivity contribution in [3.05, 3.63) is 24.0 Å². The summed E-state index contributed by atoms with van der Waals surface area (Å²) in [5.74, 6) is 0.0337. The normalized spacial score (nSPS) is 12.9. The lowest BCUT2D eigenvalue weighted by Gasteiger charge is -2.17. The van der Waals surface area contributed by atoms with Gasteiger partial charge in [-0.25, -0.2) is 0 Å². The molecule has 0 radical (unpaired) electrons. The van der Waals surface area contributed by atoms with Gasteiger partial charge in [0.05, 0.1) is 0 Å². The molecule has 5 heteroatoms. The van der Waals surface area contributed by atoms with E-state index in [9.17, 15) is 0 Å². The van der Waals surface area contributed by atoms with Crippen molar-refractivity contribution in [2.75, 3.05) is 0 Å². The van der Waals surface area contributed by atoms with Crippen molar-refractivity contribution >= 4 is 17.6 Å². The maximum Gasteiger partial charge on any atom is 0.188 e. The summed E-state index contributed by atoms with van der Waals surface area (Å²) in [6, 6.07) is 3.72. The number of oxime groups is 1. The highest BCUT2D eigenvalue weighted by molar-refractivity contribution is 8.00. The third kappa shape index (κ3) is 3.79. The number of thioether (sulfide) groups is 1. The van der Waals surface area contributed by atoms with Crippen molar-refractivity contribution in [2.45, 2.75) is 30.4 Å². The summed E-state index contributed by atoms with van der Waals surface area (Å²) in [6.07, 6.45) is 1.65. The second kappa shape index (κ2) is 4.53. The van der Waals surface area contributed by atoms with E-state index in [1.54, 1.807) is 18.0 Å². The molecule has 0 unspecified atom stereocenters. The fourth-order valence-corrected chi connectivity index (χ4v) is 2.03. The van der Waals surface area contributed by atoms with Crippen LogP contribution in [0.25, 0.3) is 0 Å². The minimum Gasteiger partial charge on any atom is -0.409 e. The molecule has 0 amide bonds. The molecule has 0 aliphatic heterocycles. The van der Waals surface area contributed by atoms with Crippen molar-refractivity contribution < 1.29 is 5.21 Å². The smallest absolute Gasteiger partial charge is 0.188 e. The van der Waals surface area contributed by atoms with Gasteiger partial charge in [0.1, 0.15) is 5.69 Å². The van der Waals surface area contributed by atoms with E-state index in [0.717, 1.165) is 4.90 Å². The van der Waals surface area contributed by atoms with Crippen LogP contribution in [0.5, 0.6) is 0 Å². The van der Waals surface area contributed by atoms with Gasteiger partial charge in [0.15, 0.2) is 5.84 Å². The monoisotopic (exact) mass is 225 g/mol. The SMILES string of the molecule is CC(C)(C)Sc1ccnc(C(N)=NO)c1. The van der Waals surface area contributed by atoms with Crippen molar-refractivity contribution in [1.82, 2.24) is 4.98 Å². The second-order valence-corrected chi connectivity index (χ2v) is 5.98. The molecule has 0 aromatic carbocycles. The summed E-state index contributed by atoms with van der Waals surface area (Å²) in [4.78, 5) is 5.07. The summed E-state index contributed by atoms with van der Waals surface area (Å²) in [6.45, 7) is 6.38. The summed E-state index contributed by atoms with van der Waals surface area (Å²) < 4.78 is 0.129. The zero-order valence-electron chi connectivity index (χ0n) is 9.06. The van der Waals surface area contributed by atoms with Gasteiger partial charge in [0.25, 0.3) is 0 Å². The van der Waals surface area contributed by atoms with Gasteiger partial charge in [-0.2, -0.15) is 0 Å². The molecular formula is C10H15N3OS. The molecule has 4 nitrogen and oxygen atoms in total. The maximum absolute atomic E-state index is 8.53. The lowest BCUT2D eigenvalue weighted by atomic mass is 10.3. The first kappa shape index (κ1) is 11.8. The number of nitrogens with zero attached hydrogens (tertiary/aromatic N) is 2. The average molecular weight is 225 g/mol. The quantitative estimate of drug-likeness (QED) is 0.266. The highest BCUT2D eigenvalue weighted by Crippen LogP contribution is 2.31. The third-order valence-corrected chi connectivity index (χ3v) is 2.63. The molecule has 0 fully saturated rings. The largest absolute Gasteiger partial charge is 0.409 e. The average Bonchev–Trinajstić information content (AvgIpc) is 2.14. The Morgan fingerprint density at radius 1 is 1.53 bits per heavy atom. The van der Waals surface area contributed by atoms with Crippen molar-refractivity contribution in [3.8, 4) is 0 Å². The Kier molecular flexibility index (Phi) is 3.57. The van der Waals surface area contributed by atoms with Gasteiger partial charge in [0.2, 0.25) is 0 Å². The Balaban J connectivity index is 2.93. The van der Waals surface area contributed by atoms with Crippen LogP contribution in [0.4, 0.5) is 0 Å². The Morgan fingerprint density at radius 3 is 2.73 bits per heavy atom. The van der Waals surface area contributed by atoms with Gasteiger partial charge >= 0.3 is 0 Å². The van der Waals surface area contributed by atoms with Crippen LogP contribution in [-0.4, -0.2) is 20.8 Å². The fourth-order valence-electron chi connectivity index (χ4n) is 1.02. The van der Waals surface area contributed by atoms with Crippen LogP contribution in [0, 0.1) is 0 Å². The van der Waals surface area contributed by atoms with Crippen LogP contribution in [0.2, 0.25) is 0 Å². The van der Waals surface area contributed by atoms with Crippen LogP contribution < -0.4 is 5.73 Å². The summed E-state index contributed by atoms with van der Waals surface area (Å²) in [5.41, 5.74) is 5.95. The van der Waals surface area contributed by atoms with E-state index in [2.05, 4.69) is 30.9 Å². The molecule has 15 heavy (non-hydrogen) atoms. The van der Waals surface area contributed by atoms with E-state index in [-0.39, 0.29) is 10.6 Å². The maximum atomic E-state index is 8.53. The fraction of sp³-hybridized carbons (Fsp3) is 0.400. The molecule has 0 aliphatic rings. The number of aromatic nitrogens is 1. The molecule has 0 saturated heterocycles. The zero-order chi connectivity index (χ0) is 11.5. The van der Waals surface area contributed by atoms with Gasteiger partial charge in [-0.05, 0) is 12.1 Å². The van der Waals surface area contributed by atoms with Gasteiger partial charge in [-0.3, -0.25) is 4.98 Å². The van der Waals surface area contributed by atoms with Crippen molar-refractivity contribution in [3.63, 3.8) is 0 Å². The Hall–Kier alpha value is -1.23. The standard InChI is InChI=1S/C10H15N3OS/c1-10(2,3)15-7-4-5-12-8(6-7)9(11)13-14/h4-6,14H,1-3H3,(H2,11,13). The van der Waals surface area contributed by atoms with Crippen LogP contribution in [-0.2, 0) is 0 Å². The molecule has 0 atom stereocenters. The Morgan fingerprint density at radius 2 is 2.20 bits per heavy atom. The minimum atomic E-state index is 0.0337. The Bertz CT molecular complexity index is 371. The summed E-state index contributed by atoms with van der Waals surface area (Å²) in [7, 11) is 0. The number of hydrogen-bond acceptors (Lipinski definition) is 4. The Labute approximate surface area is 93.6 Å². The molecule has 0 aliphatic carbocycles. The first-order valence-electron chi connectivity index (χ1n) is 4.55. The van der Waals surface area contributed by atoms with Crippen LogP contribution in [0.3, 0.4) is 0 Å². The van der Waals surface area contributed by atoms with Gasteiger partial charge in [-0.15, -0.1) is 11.8 Å². The minimum absolute atomic E-state index is 0.0337. The van der Waals surface area contributed by atoms with Crippen LogP contribution in [0.1, 0.15) is 26.5 Å². The highest BCUT2D eigenvalue weighted by Gasteiger charge is 2.13. The number of amidine groups is 1. The van der Waals surface area contributed by atoms with E-state index in [4.69, 9.17) is 10.9 Å². The molecule has 82 valence electrons. The van der Waals surface area contributed by atoms with E-state index in [1.807, 2.05) is 12.1 Å². The summed E-state index contributed by atoms with van der Waals surface area (Å²) in [5, 5.41) is 11.4. The van der Waals surface area contributed by atoms with Crippen LogP contribution in [0.15, 0.2) is 28.4 Å². The van der Waals surface area contributed by atoms with E-state index >= 15 is 0 Å². The van der Waals surface area contributed by atoms with Crippen LogP contribution >= 0.6 is 11.8 Å². The number of rotatable bonds is 2. The molecular weight excluding hydrogens is 210 g/mol. The lowest BCUT2D eigenvalue weighted by molar-refractivity contribution is 0.318. The van der Waals surface area contributed by atoms with E-state index in [0.29, 0.717) is 5.69 Å². The van der Waals surface area contributed by atoms with Crippen molar-refractivity contribution in [1.29, 1.82) is 0 Å². The molecule has 3 N–H and O–H groups in total. The molecule has 1 aromatic heterocycles. The zero-order valence-corrected chi connectivity index (χ0v) is 9.88. The van der Waals surface area contributed by atoms with Gasteiger partial charge in [-0.1, -0.05) is 25.9 Å². The molecule has 0 saturated carbocycles. The molecule has 1 aromatic rings. The van der Waals surface area contributed by atoms with E-state index < -0.39 is 0 Å². The predicted molar refractivity (Wildman–Crippen MR) is 62.4 cm³/mol. The topological polar surface area (TPSA) is 71.5 Å². The third-order valence-electron chi connectivity index (χ3n) is 1.53. The van der Waals surface area contributed by atoms with Crippen molar-refractivity contribution in [2.24, 2.45) is 10.9 Å². The first-order chi connectivity index (χ1) is 6.92. The van der Waals surface area contributed by atoms with E-state index in [1.165, 1.54) is 0 Å². The molecule has 0 bridgehead atoms. The predicted octanol–water partition coefficient (Wildman–Crippen LogP) is 2.07. The number of pyridine rings is 1. The molecule has 1 rings (SSSR count). The number of hydrogen-bond donors (Lipinski definition) is 2. The highest BCUT2D eigenvalue weighted by atomic mass is 32.2. The lowest BCUT2D eigenvalue weighted by Crippen LogP contribution is -2.15. The van der Waals surface area contributed by atoms with Gasteiger partial charge in [0, 0.05) is 15.8 Å². The number of nitrogens with two attached hydrogens (primary N) is 1. The molecule has 1 heterocycles.